The maximum atomic E-state index is 6.68. The van der Waals surface area contributed by atoms with Crippen LogP contribution in [0.3, 0.4) is 0 Å². The molecular formula is C26H23N5O3. The Bertz CT molecular complexity index is 1410. The van der Waals surface area contributed by atoms with Crippen molar-refractivity contribution < 1.29 is 14.2 Å². The lowest BCUT2D eigenvalue weighted by Gasteiger charge is -2.39. The van der Waals surface area contributed by atoms with Gasteiger partial charge >= 0.3 is 0 Å². The van der Waals surface area contributed by atoms with E-state index >= 15 is 0 Å². The summed E-state index contributed by atoms with van der Waals surface area (Å²) >= 11 is 0. The van der Waals surface area contributed by atoms with E-state index in [1.165, 1.54) is 0 Å². The van der Waals surface area contributed by atoms with Crippen molar-refractivity contribution in [2.45, 2.75) is 19.1 Å². The summed E-state index contributed by atoms with van der Waals surface area (Å²) in [6, 6.07) is 15.8. The summed E-state index contributed by atoms with van der Waals surface area (Å²) in [6.45, 7) is 2.07. The molecule has 0 spiro atoms. The smallest absolute Gasteiger partial charge is 0.226 e. The van der Waals surface area contributed by atoms with Gasteiger partial charge in [0.15, 0.2) is 11.5 Å². The van der Waals surface area contributed by atoms with Crippen LogP contribution in [0, 0.1) is 6.92 Å². The molecule has 2 aromatic carbocycles. The molecular weight excluding hydrogens is 430 g/mol. The Morgan fingerprint density at radius 2 is 1.88 bits per heavy atom. The number of methoxy groups -OCH3 is 2. The van der Waals surface area contributed by atoms with Gasteiger partial charge in [-0.2, -0.15) is 10.1 Å². The van der Waals surface area contributed by atoms with Crippen LogP contribution in [0.2, 0.25) is 0 Å². The zero-order valence-electron chi connectivity index (χ0n) is 19.0. The van der Waals surface area contributed by atoms with E-state index in [2.05, 4.69) is 45.5 Å². The van der Waals surface area contributed by atoms with E-state index in [1.807, 2.05) is 41.2 Å². The van der Waals surface area contributed by atoms with Crippen molar-refractivity contribution in [3.63, 3.8) is 0 Å². The van der Waals surface area contributed by atoms with Crippen molar-refractivity contribution in [2.75, 3.05) is 19.5 Å². The minimum absolute atomic E-state index is 0.255. The quantitative estimate of drug-likeness (QED) is 0.485. The Hall–Kier alpha value is -4.33. The van der Waals surface area contributed by atoms with Crippen LogP contribution in [0.5, 0.6) is 17.2 Å². The Balaban J connectivity index is 1.62. The lowest BCUT2D eigenvalue weighted by molar-refractivity contribution is 0.222. The molecule has 8 nitrogen and oxygen atoms in total. The van der Waals surface area contributed by atoms with Gasteiger partial charge in [0.05, 0.1) is 19.9 Å². The van der Waals surface area contributed by atoms with Gasteiger partial charge in [-0.15, -0.1) is 0 Å². The number of aryl methyl sites for hydroxylation is 1. The standard InChI is InChI=1S/C26H23N5O3/c1-15-6-8-19-18(11-15)23-22(25(34-19)16-7-9-20(32-2)21(12-16)33-3)24(17-5-4-10-27-13-17)31-26(30-23)28-14-29-31/h4-14,24-25H,1-3H3,(H,28,29,30)/t24-,25-/m0/s1. The van der Waals surface area contributed by atoms with E-state index in [-0.39, 0.29) is 6.04 Å². The SMILES string of the molecule is COc1ccc([C@@H]2Oc3ccc(C)cc3C3=C2[C@H](c2cccnc2)n2ncnc2N3)cc1OC. The second kappa shape index (κ2) is 7.91. The molecule has 2 atom stereocenters. The van der Waals surface area contributed by atoms with Crippen LogP contribution >= 0.6 is 0 Å². The van der Waals surface area contributed by atoms with Crippen LogP contribution in [0.25, 0.3) is 5.70 Å². The number of nitrogens with one attached hydrogen (secondary N) is 1. The van der Waals surface area contributed by atoms with E-state index < -0.39 is 6.10 Å². The summed E-state index contributed by atoms with van der Waals surface area (Å²) in [5, 5.41) is 8.07. The molecule has 0 saturated heterocycles. The normalized spacial score (nSPS) is 18.2. The topological polar surface area (TPSA) is 83.3 Å². The highest BCUT2D eigenvalue weighted by Crippen LogP contribution is 2.51. The van der Waals surface area contributed by atoms with Gasteiger partial charge < -0.3 is 19.5 Å². The van der Waals surface area contributed by atoms with Gasteiger partial charge in [-0.25, -0.2) is 4.68 Å². The largest absolute Gasteiger partial charge is 0.493 e. The molecule has 2 aliphatic heterocycles. The zero-order chi connectivity index (χ0) is 23.2. The van der Waals surface area contributed by atoms with Crippen LogP contribution in [-0.4, -0.2) is 34.0 Å². The Morgan fingerprint density at radius 1 is 1.00 bits per heavy atom. The first-order valence-electron chi connectivity index (χ1n) is 11.0. The molecule has 4 aromatic rings. The van der Waals surface area contributed by atoms with Gasteiger partial charge in [-0.3, -0.25) is 4.98 Å². The third-order valence-electron chi connectivity index (χ3n) is 6.28. The summed E-state index contributed by atoms with van der Waals surface area (Å²) in [6.07, 6.45) is 4.79. The second-order valence-corrected chi connectivity index (χ2v) is 8.28. The Kier molecular flexibility index (Phi) is 4.72. The monoisotopic (exact) mass is 453 g/mol. The molecule has 0 bridgehead atoms. The van der Waals surface area contributed by atoms with Crippen LogP contribution in [-0.2, 0) is 0 Å². The number of anilines is 1. The van der Waals surface area contributed by atoms with E-state index in [4.69, 9.17) is 14.2 Å². The summed E-state index contributed by atoms with van der Waals surface area (Å²) in [5.74, 6) is 2.78. The summed E-state index contributed by atoms with van der Waals surface area (Å²) in [5.41, 5.74) is 6.07. The van der Waals surface area contributed by atoms with Crippen molar-refractivity contribution in [3.05, 3.63) is 95.1 Å². The predicted octanol–water partition coefficient (Wildman–Crippen LogP) is 4.56. The second-order valence-electron chi connectivity index (χ2n) is 8.28. The third-order valence-corrected chi connectivity index (χ3v) is 6.28. The van der Waals surface area contributed by atoms with Gasteiger partial charge in [0, 0.05) is 29.1 Å². The minimum atomic E-state index is -0.403. The fraction of sp³-hybridized carbons (Fsp3) is 0.192. The molecule has 34 heavy (non-hydrogen) atoms. The van der Waals surface area contributed by atoms with Crippen molar-refractivity contribution in [2.24, 2.45) is 0 Å². The van der Waals surface area contributed by atoms with Gasteiger partial charge in [-0.05, 0) is 42.8 Å². The van der Waals surface area contributed by atoms with E-state index in [0.717, 1.165) is 39.3 Å². The lowest BCUT2D eigenvalue weighted by Crippen LogP contribution is -2.32. The van der Waals surface area contributed by atoms with Crippen LogP contribution in [0.1, 0.15) is 34.4 Å². The highest BCUT2D eigenvalue weighted by Gasteiger charge is 2.41. The molecule has 0 saturated carbocycles. The van der Waals surface area contributed by atoms with Crippen LogP contribution in [0.4, 0.5) is 5.95 Å². The first kappa shape index (κ1) is 20.3. The van der Waals surface area contributed by atoms with E-state index in [9.17, 15) is 0 Å². The molecule has 2 aromatic heterocycles. The molecule has 1 N–H and O–H groups in total. The van der Waals surface area contributed by atoms with E-state index in [0.29, 0.717) is 17.4 Å². The number of nitrogens with zero attached hydrogens (tertiary/aromatic N) is 4. The maximum Gasteiger partial charge on any atom is 0.226 e. The first-order chi connectivity index (χ1) is 16.7. The molecule has 4 heterocycles. The predicted molar refractivity (Wildman–Crippen MR) is 127 cm³/mol. The number of hydrogen-bond acceptors (Lipinski definition) is 7. The number of rotatable bonds is 4. The number of benzene rings is 2. The zero-order valence-corrected chi connectivity index (χ0v) is 19.0. The number of fused-ring (bicyclic) bond motifs is 3. The van der Waals surface area contributed by atoms with Crippen molar-refractivity contribution in [1.29, 1.82) is 0 Å². The average Bonchev–Trinajstić information content (AvgIpc) is 3.35. The molecule has 0 aliphatic carbocycles. The molecule has 0 amide bonds. The molecule has 0 fully saturated rings. The van der Waals surface area contributed by atoms with Gasteiger partial charge in [0.1, 0.15) is 24.2 Å². The molecule has 0 unspecified atom stereocenters. The molecule has 0 radical (unpaired) electrons. The van der Waals surface area contributed by atoms with Gasteiger partial charge in [0.2, 0.25) is 5.95 Å². The van der Waals surface area contributed by atoms with Crippen molar-refractivity contribution in [1.82, 2.24) is 19.7 Å². The minimum Gasteiger partial charge on any atom is -0.493 e. The fourth-order valence-corrected chi connectivity index (χ4v) is 4.73. The maximum absolute atomic E-state index is 6.68. The highest BCUT2D eigenvalue weighted by atomic mass is 16.5. The number of aromatic nitrogens is 4. The fourth-order valence-electron chi connectivity index (χ4n) is 4.73. The number of pyridine rings is 1. The van der Waals surface area contributed by atoms with Crippen molar-refractivity contribution >= 4 is 11.6 Å². The lowest BCUT2D eigenvalue weighted by atomic mass is 9.84. The first-order valence-corrected chi connectivity index (χ1v) is 11.0. The molecule has 170 valence electrons. The summed E-state index contributed by atoms with van der Waals surface area (Å²) in [4.78, 5) is 8.85. The Morgan fingerprint density at radius 3 is 2.68 bits per heavy atom. The highest BCUT2D eigenvalue weighted by molar-refractivity contribution is 5.85. The number of ether oxygens (including phenoxy) is 3. The van der Waals surface area contributed by atoms with Gasteiger partial charge in [-0.1, -0.05) is 23.8 Å². The van der Waals surface area contributed by atoms with E-state index in [1.54, 1.807) is 26.7 Å². The number of hydrogen-bond donors (Lipinski definition) is 1. The Labute approximate surface area is 196 Å². The summed E-state index contributed by atoms with van der Waals surface area (Å²) in [7, 11) is 3.26. The average molecular weight is 454 g/mol. The molecule has 6 rings (SSSR count). The van der Waals surface area contributed by atoms with Crippen LogP contribution < -0.4 is 19.5 Å². The molecule has 2 aliphatic rings. The van der Waals surface area contributed by atoms with Crippen LogP contribution in [0.15, 0.2) is 72.8 Å². The third kappa shape index (κ3) is 3.10. The summed E-state index contributed by atoms with van der Waals surface area (Å²) < 4.78 is 19.6. The molecule has 8 heteroatoms. The van der Waals surface area contributed by atoms with Crippen molar-refractivity contribution in [3.8, 4) is 17.2 Å². The van der Waals surface area contributed by atoms with Gasteiger partial charge in [0.25, 0.3) is 0 Å².